The summed E-state index contributed by atoms with van der Waals surface area (Å²) in [6, 6.07) is 7.27. The fourth-order valence-electron chi connectivity index (χ4n) is 2.81. The van der Waals surface area contributed by atoms with E-state index in [-0.39, 0.29) is 23.9 Å². The van der Waals surface area contributed by atoms with Crippen molar-refractivity contribution in [2.45, 2.75) is 73.1 Å². The van der Waals surface area contributed by atoms with Gasteiger partial charge in [-0.1, -0.05) is 71.9 Å². The maximum Gasteiger partial charge on any atom is 0.408 e. The van der Waals surface area contributed by atoms with Gasteiger partial charge in [-0.25, -0.2) is 9.59 Å². The number of carbonyl (C=O) groups excluding carboxylic acids is 2. The molecule has 162 valence electrons. The summed E-state index contributed by atoms with van der Waals surface area (Å²) < 4.78 is 5.21. The van der Waals surface area contributed by atoms with E-state index in [0.717, 1.165) is 5.56 Å². The first-order valence-corrected chi connectivity index (χ1v) is 9.77. The zero-order valence-corrected chi connectivity index (χ0v) is 18.2. The molecule has 7 nitrogen and oxygen atoms in total. The number of rotatable bonds is 8. The van der Waals surface area contributed by atoms with Crippen LogP contribution in [-0.2, 0) is 20.9 Å². The lowest BCUT2D eigenvalue weighted by atomic mass is 9.86. The van der Waals surface area contributed by atoms with Gasteiger partial charge >= 0.3 is 12.1 Å². The Bertz CT molecular complexity index is 689. The SMILES string of the molecule is CC(C)(C)C[C@H](NC(=O)[C@@H](CC(C)(C)C)NC(=O)OCc1ccccc1)C(=O)O. The lowest BCUT2D eigenvalue weighted by Gasteiger charge is -2.29. The van der Waals surface area contributed by atoms with Crippen molar-refractivity contribution < 1.29 is 24.2 Å². The van der Waals surface area contributed by atoms with Gasteiger partial charge in [0.1, 0.15) is 18.7 Å². The fraction of sp³-hybridized carbons (Fsp3) is 0.591. The average molecular weight is 407 g/mol. The summed E-state index contributed by atoms with van der Waals surface area (Å²) in [5.41, 5.74) is 0.283. The fourth-order valence-corrected chi connectivity index (χ4v) is 2.81. The molecule has 2 atom stereocenters. The number of carbonyl (C=O) groups is 3. The zero-order valence-electron chi connectivity index (χ0n) is 18.2. The van der Waals surface area contributed by atoms with Gasteiger partial charge in [-0.15, -0.1) is 0 Å². The molecule has 0 heterocycles. The second kappa shape index (κ2) is 10.3. The summed E-state index contributed by atoms with van der Waals surface area (Å²) in [4.78, 5) is 36.6. The monoisotopic (exact) mass is 406 g/mol. The molecule has 0 radical (unpaired) electrons. The van der Waals surface area contributed by atoms with Gasteiger partial charge in [0.25, 0.3) is 0 Å². The first-order chi connectivity index (χ1) is 13.3. The zero-order chi connectivity index (χ0) is 22.2. The molecule has 0 aliphatic heterocycles. The van der Waals surface area contributed by atoms with Crippen LogP contribution in [0.25, 0.3) is 0 Å². The molecule has 3 N–H and O–H groups in total. The molecule has 2 amide bonds. The van der Waals surface area contributed by atoms with E-state index >= 15 is 0 Å². The molecule has 1 rings (SSSR count). The van der Waals surface area contributed by atoms with Crippen molar-refractivity contribution in [3.63, 3.8) is 0 Å². The van der Waals surface area contributed by atoms with E-state index in [0.29, 0.717) is 6.42 Å². The van der Waals surface area contributed by atoms with Gasteiger partial charge in [-0.3, -0.25) is 4.79 Å². The minimum absolute atomic E-state index is 0.0817. The molecule has 1 aromatic carbocycles. The lowest BCUT2D eigenvalue weighted by Crippen LogP contribution is -2.53. The maximum absolute atomic E-state index is 12.8. The molecule has 7 heteroatoms. The number of benzene rings is 1. The highest BCUT2D eigenvalue weighted by molar-refractivity contribution is 5.89. The molecule has 0 bridgehead atoms. The highest BCUT2D eigenvalue weighted by atomic mass is 16.5. The number of nitrogens with one attached hydrogen (secondary N) is 2. The number of carboxylic acids is 1. The first-order valence-electron chi connectivity index (χ1n) is 9.77. The molecular weight excluding hydrogens is 372 g/mol. The Hall–Kier alpha value is -2.57. The lowest BCUT2D eigenvalue weighted by molar-refractivity contribution is -0.143. The number of ether oxygens (including phenoxy) is 1. The molecule has 1 aromatic rings. The Balaban J connectivity index is 2.80. The van der Waals surface area contributed by atoms with Crippen LogP contribution in [0.15, 0.2) is 30.3 Å². The topological polar surface area (TPSA) is 105 Å². The van der Waals surface area contributed by atoms with Crippen molar-refractivity contribution in [2.24, 2.45) is 10.8 Å². The Labute approximate surface area is 173 Å². The number of aliphatic carboxylic acids is 1. The predicted octanol–water partition coefficient (Wildman–Crippen LogP) is 3.72. The summed E-state index contributed by atoms with van der Waals surface area (Å²) in [7, 11) is 0. The molecule has 0 saturated heterocycles. The van der Waals surface area contributed by atoms with Crippen molar-refractivity contribution in [1.29, 1.82) is 0 Å². The smallest absolute Gasteiger partial charge is 0.408 e. The number of carboxylic acid groups (broad SMARTS) is 1. The van der Waals surface area contributed by atoms with Crippen LogP contribution in [0, 0.1) is 10.8 Å². The third kappa shape index (κ3) is 10.5. The van der Waals surface area contributed by atoms with E-state index in [9.17, 15) is 19.5 Å². The Kier molecular flexibility index (Phi) is 8.67. The third-order valence-corrected chi connectivity index (χ3v) is 4.07. The van der Waals surface area contributed by atoms with Crippen molar-refractivity contribution in [3.8, 4) is 0 Å². The highest BCUT2D eigenvalue weighted by Crippen LogP contribution is 2.23. The third-order valence-electron chi connectivity index (χ3n) is 4.07. The number of amides is 2. The van der Waals surface area contributed by atoms with Gasteiger partial charge in [0.05, 0.1) is 0 Å². The summed E-state index contributed by atoms with van der Waals surface area (Å²) in [6.45, 7) is 11.6. The quantitative estimate of drug-likeness (QED) is 0.610. The van der Waals surface area contributed by atoms with Crippen LogP contribution in [0.2, 0.25) is 0 Å². The Morgan fingerprint density at radius 1 is 0.897 bits per heavy atom. The van der Waals surface area contributed by atoms with E-state index in [1.165, 1.54) is 0 Å². The summed E-state index contributed by atoms with van der Waals surface area (Å²) in [5, 5.41) is 14.6. The van der Waals surface area contributed by atoms with Crippen molar-refractivity contribution >= 4 is 18.0 Å². The average Bonchev–Trinajstić information content (AvgIpc) is 2.57. The second-order valence-electron chi connectivity index (χ2n) is 9.69. The first kappa shape index (κ1) is 24.5. The van der Waals surface area contributed by atoms with Crippen LogP contribution >= 0.6 is 0 Å². The van der Waals surface area contributed by atoms with E-state index in [1.54, 1.807) is 0 Å². The van der Waals surface area contributed by atoms with E-state index < -0.39 is 30.1 Å². The number of hydrogen-bond donors (Lipinski definition) is 3. The van der Waals surface area contributed by atoms with Gasteiger partial charge in [0, 0.05) is 0 Å². The van der Waals surface area contributed by atoms with Gasteiger partial charge in [0.2, 0.25) is 5.91 Å². The Morgan fingerprint density at radius 3 is 1.90 bits per heavy atom. The van der Waals surface area contributed by atoms with E-state index in [2.05, 4.69) is 10.6 Å². The molecule has 0 saturated carbocycles. The van der Waals surface area contributed by atoms with Gasteiger partial charge < -0.3 is 20.5 Å². The van der Waals surface area contributed by atoms with Crippen LogP contribution < -0.4 is 10.6 Å². The maximum atomic E-state index is 12.8. The highest BCUT2D eigenvalue weighted by Gasteiger charge is 2.32. The van der Waals surface area contributed by atoms with Crippen LogP contribution in [0.1, 0.15) is 59.9 Å². The largest absolute Gasteiger partial charge is 0.480 e. The number of hydrogen-bond acceptors (Lipinski definition) is 4. The number of alkyl carbamates (subject to hydrolysis) is 1. The second-order valence-corrected chi connectivity index (χ2v) is 9.69. The van der Waals surface area contributed by atoms with E-state index in [4.69, 9.17) is 4.74 Å². The predicted molar refractivity (Wildman–Crippen MR) is 111 cm³/mol. The molecule has 0 aromatic heterocycles. The molecule has 0 spiro atoms. The molecule has 0 fully saturated rings. The Morgan fingerprint density at radius 2 is 1.41 bits per heavy atom. The van der Waals surface area contributed by atoms with Gasteiger partial charge in [-0.05, 0) is 29.2 Å². The van der Waals surface area contributed by atoms with Crippen molar-refractivity contribution in [2.75, 3.05) is 0 Å². The minimum atomic E-state index is -1.10. The molecule has 29 heavy (non-hydrogen) atoms. The minimum Gasteiger partial charge on any atom is -0.480 e. The normalized spacial score (nSPS) is 13.9. The van der Waals surface area contributed by atoms with Crippen molar-refractivity contribution in [1.82, 2.24) is 10.6 Å². The standard InChI is InChI=1S/C22H34N2O5/c1-21(2,3)12-16(18(25)23-17(19(26)27)13-22(4,5)6)24-20(28)29-14-15-10-8-7-9-11-15/h7-11,16-17H,12-14H2,1-6H3,(H,23,25)(H,24,28)(H,26,27)/t16-,17+/m1/s1. The van der Waals surface area contributed by atoms with Crippen LogP contribution in [0.4, 0.5) is 4.79 Å². The van der Waals surface area contributed by atoms with Gasteiger partial charge in [-0.2, -0.15) is 0 Å². The van der Waals surface area contributed by atoms with Crippen LogP contribution in [0.3, 0.4) is 0 Å². The molecular formula is C22H34N2O5. The molecule has 0 aliphatic carbocycles. The van der Waals surface area contributed by atoms with Crippen LogP contribution in [0.5, 0.6) is 0 Å². The van der Waals surface area contributed by atoms with Gasteiger partial charge in [0.15, 0.2) is 0 Å². The summed E-state index contributed by atoms with van der Waals surface area (Å²) in [6.07, 6.45) is -0.114. The molecule has 0 aliphatic rings. The van der Waals surface area contributed by atoms with E-state index in [1.807, 2.05) is 71.9 Å². The summed E-state index contributed by atoms with van der Waals surface area (Å²) >= 11 is 0. The van der Waals surface area contributed by atoms with Crippen LogP contribution in [-0.4, -0.2) is 35.2 Å². The molecule has 0 unspecified atom stereocenters. The van der Waals surface area contributed by atoms with Crippen molar-refractivity contribution in [3.05, 3.63) is 35.9 Å². The summed E-state index contributed by atoms with van der Waals surface area (Å²) in [5.74, 6) is -1.64.